The molecule has 0 fully saturated rings. The van der Waals surface area contributed by atoms with Crippen molar-refractivity contribution in [1.29, 1.82) is 0 Å². The maximum atomic E-state index is 2.41. The fourth-order valence-electron chi connectivity index (χ4n) is 6.65. The summed E-state index contributed by atoms with van der Waals surface area (Å²) in [6, 6.07) is 54.9. The predicted molar refractivity (Wildman–Crippen MR) is 194 cm³/mol. The molecule has 0 bridgehead atoms. The number of nitrogens with zero attached hydrogens (tertiary/aromatic N) is 2. The zero-order valence-corrected chi connectivity index (χ0v) is 25.4. The van der Waals surface area contributed by atoms with Gasteiger partial charge in [0.25, 0.3) is 0 Å². The average Bonchev–Trinajstić information content (AvgIpc) is 3.44. The fourth-order valence-corrected chi connectivity index (χ4v) is 6.65. The second-order valence-corrected chi connectivity index (χ2v) is 11.8. The summed E-state index contributed by atoms with van der Waals surface area (Å²) < 4.78 is 2.41. The lowest BCUT2D eigenvalue weighted by Crippen LogP contribution is -2.09. The molecule has 1 aromatic heterocycles. The van der Waals surface area contributed by atoms with Crippen LogP contribution in [-0.4, -0.2) is 12.4 Å². The predicted octanol–water partition coefficient (Wildman–Crippen LogP) is 9.65. The molecule has 0 unspecified atom stereocenters. The lowest BCUT2D eigenvalue weighted by atomic mass is 9.93. The van der Waals surface area contributed by atoms with Crippen LogP contribution in [-0.2, 0) is 6.42 Å². The van der Waals surface area contributed by atoms with Crippen molar-refractivity contribution in [1.82, 2.24) is 4.57 Å². The highest BCUT2D eigenvalue weighted by Gasteiger charge is 2.19. The van der Waals surface area contributed by atoms with Crippen LogP contribution in [0.3, 0.4) is 0 Å². The van der Waals surface area contributed by atoms with Gasteiger partial charge in [0.2, 0.25) is 0 Å². The van der Waals surface area contributed by atoms with E-state index in [9.17, 15) is 0 Å². The smallest absolute Gasteiger partial charge is 0.139 e. The van der Waals surface area contributed by atoms with Crippen LogP contribution in [0.2, 0.25) is 0 Å². The van der Waals surface area contributed by atoms with Gasteiger partial charge in [0.15, 0.2) is 0 Å². The summed E-state index contributed by atoms with van der Waals surface area (Å²) in [7, 11) is 2.13. The summed E-state index contributed by atoms with van der Waals surface area (Å²) >= 11 is 0. The van der Waals surface area contributed by atoms with Crippen LogP contribution in [0.4, 0.5) is 17.1 Å². The summed E-state index contributed by atoms with van der Waals surface area (Å²) in [4.78, 5) is 2.33. The largest absolute Gasteiger partial charge is 0.311 e. The van der Waals surface area contributed by atoms with Crippen LogP contribution < -0.4 is 10.4 Å². The van der Waals surface area contributed by atoms with Gasteiger partial charge < -0.3 is 9.47 Å². The van der Waals surface area contributed by atoms with E-state index in [1.54, 1.807) is 0 Å². The van der Waals surface area contributed by atoms with E-state index in [-0.39, 0.29) is 0 Å². The third-order valence-corrected chi connectivity index (χ3v) is 8.95. The van der Waals surface area contributed by atoms with Gasteiger partial charge in [-0.05, 0) is 107 Å². The molecule has 6 aromatic carbocycles. The Morgan fingerprint density at radius 2 is 1.07 bits per heavy atom. The van der Waals surface area contributed by atoms with Crippen molar-refractivity contribution in [2.24, 2.45) is 0 Å². The van der Waals surface area contributed by atoms with Crippen molar-refractivity contribution in [2.45, 2.75) is 12.8 Å². The maximum absolute atomic E-state index is 2.41. The van der Waals surface area contributed by atoms with Crippen molar-refractivity contribution in [2.75, 3.05) is 4.90 Å². The van der Waals surface area contributed by atoms with E-state index in [2.05, 4.69) is 181 Å². The Morgan fingerprint density at radius 1 is 0.533 bits per heavy atom. The highest BCUT2D eigenvalue weighted by atomic mass is 15.1. The standard InChI is InChI=1S/C42H33BN2/c43-34-22-15-30(16-23-34)31-17-24-37(25-18-31)44(35-9-3-1-4-10-35)38-26-19-32(20-27-38)33-21-28-42-40(29-33)39-13-7-8-14-41(39)45(42)36-11-5-2-6-12-36/h1-6,8-12,14-29H,7,13,43H2. The zero-order valence-electron chi connectivity index (χ0n) is 25.4. The van der Waals surface area contributed by atoms with Gasteiger partial charge in [-0.1, -0.05) is 103 Å². The normalized spacial score (nSPS) is 12.3. The zero-order chi connectivity index (χ0) is 30.2. The lowest BCUT2D eigenvalue weighted by molar-refractivity contribution is 0.967. The number of anilines is 3. The molecule has 1 heterocycles. The second kappa shape index (κ2) is 11.5. The van der Waals surface area contributed by atoms with E-state index in [1.807, 2.05) is 0 Å². The third-order valence-electron chi connectivity index (χ3n) is 8.95. The molecule has 0 radical (unpaired) electrons. The number of para-hydroxylation sites is 2. The van der Waals surface area contributed by atoms with Crippen molar-refractivity contribution in [3.05, 3.63) is 169 Å². The van der Waals surface area contributed by atoms with Gasteiger partial charge in [-0.25, -0.2) is 0 Å². The van der Waals surface area contributed by atoms with E-state index < -0.39 is 0 Å². The first kappa shape index (κ1) is 27.0. The van der Waals surface area contributed by atoms with Crippen LogP contribution in [0.15, 0.2) is 158 Å². The number of benzene rings is 6. The molecule has 214 valence electrons. The van der Waals surface area contributed by atoms with Gasteiger partial charge in [0.05, 0.1) is 5.52 Å². The lowest BCUT2D eigenvalue weighted by Gasteiger charge is -2.26. The Balaban J connectivity index is 1.16. The molecular formula is C42H33BN2. The van der Waals surface area contributed by atoms with E-state index >= 15 is 0 Å². The highest BCUT2D eigenvalue weighted by Crippen LogP contribution is 2.39. The van der Waals surface area contributed by atoms with E-state index in [1.165, 1.54) is 55.6 Å². The van der Waals surface area contributed by atoms with Gasteiger partial charge in [-0.2, -0.15) is 0 Å². The molecule has 2 nitrogen and oxygen atoms in total. The monoisotopic (exact) mass is 576 g/mol. The van der Waals surface area contributed by atoms with Crippen molar-refractivity contribution in [3.8, 4) is 27.9 Å². The molecule has 3 heteroatoms. The summed E-state index contributed by atoms with van der Waals surface area (Å²) in [5.74, 6) is 0. The summed E-state index contributed by atoms with van der Waals surface area (Å²) in [5, 5.41) is 1.35. The minimum Gasteiger partial charge on any atom is -0.311 e. The number of aryl methyl sites for hydroxylation is 1. The first-order chi connectivity index (χ1) is 22.2. The number of fused-ring (bicyclic) bond motifs is 3. The molecule has 1 aliphatic carbocycles. The van der Waals surface area contributed by atoms with E-state index in [0.717, 1.165) is 29.9 Å². The molecule has 0 saturated carbocycles. The summed E-state index contributed by atoms with van der Waals surface area (Å²) in [6.45, 7) is 0. The van der Waals surface area contributed by atoms with Crippen LogP contribution >= 0.6 is 0 Å². The number of allylic oxidation sites excluding steroid dienone is 1. The highest BCUT2D eigenvalue weighted by molar-refractivity contribution is 6.32. The van der Waals surface area contributed by atoms with Crippen LogP contribution in [0.25, 0.3) is 44.9 Å². The summed E-state index contributed by atoms with van der Waals surface area (Å²) in [6.07, 6.45) is 6.75. The number of aromatic nitrogens is 1. The Labute approximate surface area is 265 Å². The molecule has 0 N–H and O–H groups in total. The Bertz CT molecular complexity index is 2130. The number of hydrogen-bond acceptors (Lipinski definition) is 1. The SMILES string of the molecule is Bc1ccc(-c2ccc(N(c3ccccc3)c3ccc(-c4ccc5c(c4)c4c(n5-c5ccccc5)C=CCC4)cc3)cc2)cc1. The Kier molecular flexibility index (Phi) is 6.92. The molecule has 0 saturated heterocycles. The van der Waals surface area contributed by atoms with Crippen molar-refractivity contribution < 1.29 is 0 Å². The minimum absolute atomic E-state index is 1.07. The first-order valence-electron chi connectivity index (χ1n) is 15.7. The maximum Gasteiger partial charge on any atom is 0.139 e. The molecule has 45 heavy (non-hydrogen) atoms. The van der Waals surface area contributed by atoms with Crippen LogP contribution in [0.1, 0.15) is 17.7 Å². The average molecular weight is 577 g/mol. The van der Waals surface area contributed by atoms with Crippen molar-refractivity contribution in [3.63, 3.8) is 0 Å². The van der Waals surface area contributed by atoms with Gasteiger partial charge in [-0.15, -0.1) is 0 Å². The topological polar surface area (TPSA) is 8.17 Å². The number of hydrogen-bond donors (Lipinski definition) is 0. The van der Waals surface area contributed by atoms with Crippen molar-refractivity contribution >= 4 is 47.4 Å². The minimum atomic E-state index is 1.07. The molecule has 0 atom stereocenters. The molecule has 0 amide bonds. The molecule has 7 aromatic rings. The van der Waals surface area contributed by atoms with Gasteiger partial charge in [0, 0.05) is 33.8 Å². The number of rotatable bonds is 6. The Morgan fingerprint density at radius 3 is 1.71 bits per heavy atom. The van der Waals surface area contributed by atoms with E-state index in [4.69, 9.17) is 0 Å². The van der Waals surface area contributed by atoms with Gasteiger partial charge in [-0.3, -0.25) is 0 Å². The van der Waals surface area contributed by atoms with Crippen LogP contribution in [0.5, 0.6) is 0 Å². The third kappa shape index (κ3) is 5.07. The molecule has 0 aliphatic heterocycles. The molecule has 8 rings (SSSR count). The van der Waals surface area contributed by atoms with E-state index in [0.29, 0.717) is 0 Å². The fraction of sp³-hybridized carbons (Fsp3) is 0.0476. The van der Waals surface area contributed by atoms with Gasteiger partial charge >= 0.3 is 0 Å². The van der Waals surface area contributed by atoms with Gasteiger partial charge in [0.1, 0.15) is 7.85 Å². The first-order valence-corrected chi connectivity index (χ1v) is 15.7. The molecular weight excluding hydrogens is 543 g/mol. The second-order valence-electron chi connectivity index (χ2n) is 11.8. The Hall–Kier alpha value is -5.54. The molecule has 1 aliphatic rings. The molecule has 0 spiro atoms. The van der Waals surface area contributed by atoms with Crippen LogP contribution in [0, 0.1) is 0 Å². The quantitative estimate of drug-likeness (QED) is 0.179. The summed E-state index contributed by atoms with van der Waals surface area (Å²) in [5.41, 5.74) is 14.8.